The first-order valence-corrected chi connectivity index (χ1v) is 8.85. The van der Waals surface area contributed by atoms with Gasteiger partial charge >= 0.3 is 0 Å². The van der Waals surface area contributed by atoms with Crippen molar-refractivity contribution in [1.82, 2.24) is 9.97 Å². The second-order valence-corrected chi connectivity index (χ2v) is 6.44. The van der Waals surface area contributed by atoms with Gasteiger partial charge in [0, 0.05) is 43.1 Å². The normalized spacial score (nSPS) is 15.4. The Bertz CT molecular complexity index is 430. The van der Waals surface area contributed by atoms with Crippen LogP contribution in [-0.2, 0) is 6.42 Å². The summed E-state index contributed by atoms with van der Waals surface area (Å²) < 4.78 is 0. The van der Waals surface area contributed by atoms with Gasteiger partial charge in [-0.3, -0.25) is 0 Å². The fraction of sp³-hybridized carbons (Fsp3) is 0.733. The second kappa shape index (κ2) is 7.72. The molecule has 112 valence electrons. The molecular formula is C15H26N4S. The summed E-state index contributed by atoms with van der Waals surface area (Å²) in [5.74, 6) is 5.54. The average molecular weight is 294 g/mol. The molecular weight excluding hydrogens is 268 g/mol. The van der Waals surface area contributed by atoms with Crippen molar-refractivity contribution in [3.63, 3.8) is 0 Å². The summed E-state index contributed by atoms with van der Waals surface area (Å²) in [6.07, 6.45) is 3.16. The van der Waals surface area contributed by atoms with Crippen molar-refractivity contribution in [2.24, 2.45) is 0 Å². The van der Waals surface area contributed by atoms with Crippen LogP contribution in [0.5, 0.6) is 0 Å². The zero-order chi connectivity index (χ0) is 14.4. The van der Waals surface area contributed by atoms with Gasteiger partial charge in [-0.1, -0.05) is 13.8 Å². The second-order valence-electron chi connectivity index (χ2n) is 5.21. The SMILES string of the molecule is CCCNc1nc(CCC)nc(N2CCSCC2)c1C. The molecule has 2 heterocycles. The van der Waals surface area contributed by atoms with Crippen LogP contribution < -0.4 is 10.2 Å². The fourth-order valence-electron chi connectivity index (χ4n) is 2.38. The van der Waals surface area contributed by atoms with E-state index in [0.717, 1.165) is 56.4 Å². The van der Waals surface area contributed by atoms with Gasteiger partial charge in [-0.2, -0.15) is 11.8 Å². The molecule has 1 aromatic rings. The Morgan fingerprint density at radius 2 is 1.90 bits per heavy atom. The van der Waals surface area contributed by atoms with Crippen LogP contribution in [0.25, 0.3) is 0 Å². The van der Waals surface area contributed by atoms with E-state index in [1.54, 1.807) is 0 Å². The quantitative estimate of drug-likeness (QED) is 0.873. The summed E-state index contributed by atoms with van der Waals surface area (Å²) in [5.41, 5.74) is 1.20. The van der Waals surface area contributed by atoms with Crippen molar-refractivity contribution < 1.29 is 0 Å². The molecule has 0 bridgehead atoms. The molecule has 0 aromatic carbocycles. The third kappa shape index (κ3) is 3.78. The highest BCUT2D eigenvalue weighted by molar-refractivity contribution is 7.99. The zero-order valence-electron chi connectivity index (χ0n) is 12.9. The van der Waals surface area contributed by atoms with Crippen LogP contribution in [0, 0.1) is 6.92 Å². The minimum atomic E-state index is 0.955. The van der Waals surface area contributed by atoms with Crippen LogP contribution in [0.3, 0.4) is 0 Å². The Kier molecular flexibility index (Phi) is 5.95. The van der Waals surface area contributed by atoms with Crippen molar-refractivity contribution in [3.8, 4) is 0 Å². The van der Waals surface area contributed by atoms with E-state index in [4.69, 9.17) is 9.97 Å². The standard InChI is InChI=1S/C15H26N4S/c1-4-6-13-17-14(16-7-5-2)12(3)15(18-13)19-8-10-20-11-9-19/h4-11H2,1-3H3,(H,16,17,18). The predicted octanol–water partition coefficient (Wildman–Crippen LogP) is 3.11. The van der Waals surface area contributed by atoms with Crippen LogP contribution in [0.2, 0.25) is 0 Å². The summed E-state index contributed by atoms with van der Waals surface area (Å²) in [6.45, 7) is 9.67. The molecule has 1 aliphatic heterocycles. The molecule has 0 radical (unpaired) electrons. The number of anilines is 2. The van der Waals surface area contributed by atoms with Gasteiger partial charge in [0.25, 0.3) is 0 Å². The molecule has 4 nitrogen and oxygen atoms in total. The van der Waals surface area contributed by atoms with Crippen molar-refractivity contribution in [2.75, 3.05) is 41.4 Å². The van der Waals surface area contributed by atoms with E-state index in [0.29, 0.717) is 0 Å². The lowest BCUT2D eigenvalue weighted by molar-refractivity contribution is 0.786. The van der Waals surface area contributed by atoms with E-state index in [1.807, 2.05) is 11.8 Å². The van der Waals surface area contributed by atoms with Crippen molar-refractivity contribution in [3.05, 3.63) is 11.4 Å². The van der Waals surface area contributed by atoms with E-state index in [-0.39, 0.29) is 0 Å². The lowest BCUT2D eigenvalue weighted by atomic mass is 10.2. The van der Waals surface area contributed by atoms with Gasteiger partial charge in [0.2, 0.25) is 0 Å². The molecule has 1 fully saturated rings. The minimum absolute atomic E-state index is 0.955. The number of aryl methyl sites for hydroxylation is 1. The van der Waals surface area contributed by atoms with Gasteiger partial charge < -0.3 is 10.2 Å². The Morgan fingerprint density at radius 1 is 1.15 bits per heavy atom. The Morgan fingerprint density at radius 3 is 2.55 bits per heavy atom. The van der Waals surface area contributed by atoms with E-state index >= 15 is 0 Å². The number of nitrogens with one attached hydrogen (secondary N) is 1. The summed E-state index contributed by atoms with van der Waals surface area (Å²) >= 11 is 2.03. The molecule has 0 spiro atoms. The molecule has 1 aliphatic rings. The first-order chi connectivity index (χ1) is 9.76. The number of hydrogen-bond donors (Lipinski definition) is 1. The zero-order valence-corrected chi connectivity index (χ0v) is 13.7. The fourth-order valence-corrected chi connectivity index (χ4v) is 3.29. The van der Waals surface area contributed by atoms with Crippen molar-refractivity contribution in [2.45, 2.75) is 40.0 Å². The van der Waals surface area contributed by atoms with Crippen LogP contribution in [0.15, 0.2) is 0 Å². The lowest BCUT2D eigenvalue weighted by Gasteiger charge is -2.29. The maximum Gasteiger partial charge on any atom is 0.137 e. The first-order valence-electron chi connectivity index (χ1n) is 7.70. The minimum Gasteiger partial charge on any atom is -0.370 e. The van der Waals surface area contributed by atoms with Crippen LogP contribution in [0.1, 0.15) is 38.1 Å². The van der Waals surface area contributed by atoms with E-state index < -0.39 is 0 Å². The molecule has 20 heavy (non-hydrogen) atoms. The highest BCUT2D eigenvalue weighted by atomic mass is 32.2. The van der Waals surface area contributed by atoms with Crippen LogP contribution in [-0.4, -0.2) is 41.1 Å². The Hall–Kier alpha value is -0.970. The number of aromatic nitrogens is 2. The third-order valence-corrected chi connectivity index (χ3v) is 4.44. The Balaban J connectivity index is 2.29. The largest absolute Gasteiger partial charge is 0.370 e. The third-order valence-electron chi connectivity index (χ3n) is 3.49. The maximum atomic E-state index is 4.82. The van der Waals surface area contributed by atoms with E-state index in [2.05, 4.69) is 31.0 Å². The lowest BCUT2D eigenvalue weighted by Crippen LogP contribution is -2.34. The topological polar surface area (TPSA) is 41.1 Å². The highest BCUT2D eigenvalue weighted by Crippen LogP contribution is 2.26. The molecule has 1 saturated heterocycles. The number of nitrogens with zero attached hydrogens (tertiary/aromatic N) is 3. The average Bonchev–Trinajstić information content (AvgIpc) is 2.48. The molecule has 0 amide bonds. The van der Waals surface area contributed by atoms with Gasteiger partial charge in [-0.05, 0) is 19.8 Å². The Labute approximate surface area is 126 Å². The molecule has 2 rings (SSSR count). The van der Waals surface area contributed by atoms with Gasteiger partial charge in [0.05, 0.1) is 0 Å². The smallest absolute Gasteiger partial charge is 0.137 e. The predicted molar refractivity (Wildman–Crippen MR) is 89.1 cm³/mol. The summed E-state index contributed by atoms with van der Waals surface area (Å²) in [5, 5.41) is 3.46. The number of thioether (sulfide) groups is 1. The number of hydrogen-bond acceptors (Lipinski definition) is 5. The monoisotopic (exact) mass is 294 g/mol. The molecule has 0 unspecified atom stereocenters. The first kappa shape index (κ1) is 15.4. The molecule has 1 aromatic heterocycles. The molecule has 0 atom stereocenters. The van der Waals surface area contributed by atoms with Gasteiger partial charge in [0.15, 0.2) is 0 Å². The van der Waals surface area contributed by atoms with Crippen LogP contribution in [0.4, 0.5) is 11.6 Å². The van der Waals surface area contributed by atoms with Crippen molar-refractivity contribution >= 4 is 23.4 Å². The van der Waals surface area contributed by atoms with Crippen LogP contribution >= 0.6 is 11.8 Å². The van der Waals surface area contributed by atoms with Gasteiger partial charge in [0.1, 0.15) is 17.5 Å². The summed E-state index contributed by atoms with van der Waals surface area (Å²) in [7, 11) is 0. The van der Waals surface area contributed by atoms with E-state index in [1.165, 1.54) is 17.1 Å². The van der Waals surface area contributed by atoms with E-state index in [9.17, 15) is 0 Å². The van der Waals surface area contributed by atoms with Crippen molar-refractivity contribution in [1.29, 1.82) is 0 Å². The maximum absolute atomic E-state index is 4.82. The molecule has 0 aliphatic carbocycles. The summed E-state index contributed by atoms with van der Waals surface area (Å²) in [4.78, 5) is 11.9. The van der Waals surface area contributed by atoms with Gasteiger partial charge in [-0.25, -0.2) is 9.97 Å². The highest BCUT2D eigenvalue weighted by Gasteiger charge is 2.18. The van der Waals surface area contributed by atoms with Gasteiger partial charge in [-0.15, -0.1) is 0 Å². The molecule has 0 saturated carbocycles. The molecule has 5 heteroatoms. The number of rotatable bonds is 6. The molecule has 1 N–H and O–H groups in total. The summed E-state index contributed by atoms with van der Waals surface area (Å²) in [6, 6.07) is 0.